The number of nitrogens with zero attached hydrogens (tertiary/aromatic N) is 2. The molecule has 9 heteroatoms. The van der Waals surface area contributed by atoms with Crippen LogP contribution in [0, 0.1) is 5.82 Å². The van der Waals surface area contributed by atoms with Crippen LogP contribution < -0.4 is 10.1 Å². The molecular formula is C20H24FN3O4S. The van der Waals surface area contributed by atoms with Crippen LogP contribution in [0.3, 0.4) is 0 Å². The van der Waals surface area contributed by atoms with Gasteiger partial charge >= 0.3 is 0 Å². The summed E-state index contributed by atoms with van der Waals surface area (Å²) in [4.78, 5) is 14.6. The number of benzene rings is 2. The van der Waals surface area contributed by atoms with Crippen LogP contribution in [0.2, 0.25) is 0 Å². The van der Waals surface area contributed by atoms with E-state index in [2.05, 4.69) is 5.32 Å². The van der Waals surface area contributed by atoms with Crippen LogP contribution in [0.4, 0.5) is 10.1 Å². The van der Waals surface area contributed by atoms with Crippen molar-refractivity contribution in [2.24, 2.45) is 0 Å². The lowest BCUT2D eigenvalue weighted by atomic mass is 10.2. The summed E-state index contributed by atoms with van der Waals surface area (Å²) in [5.41, 5.74) is 0.638. The Balaban J connectivity index is 1.59. The Hall–Kier alpha value is -2.49. The van der Waals surface area contributed by atoms with E-state index in [-0.39, 0.29) is 23.9 Å². The van der Waals surface area contributed by atoms with E-state index in [0.717, 1.165) is 12.1 Å². The second-order valence-corrected chi connectivity index (χ2v) is 8.73. The molecule has 156 valence electrons. The van der Waals surface area contributed by atoms with Crippen LogP contribution in [0.25, 0.3) is 0 Å². The van der Waals surface area contributed by atoms with Crippen LogP contribution in [0.1, 0.15) is 6.92 Å². The minimum absolute atomic E-state index is 0.0659. The molecular weight excluding hydrogens is 397 g/mol. The number of hydrogen-bond acceptors (Lipinski definition) is 5. The van der Waals surface area contributed by atoms with E-state index in [1.165, 1.54) is 16.4 Å². The van der Waals surface area contributed by atoms with Gasteiger partial charge in [0.1, 0.15) is 11.6 Å². The average molecular weight is 421 g/mol. The van der Waals surface area contributed by atoms with Crippen molar-refractivity contribution in [1.82, 2.24) is 9.21 Å². The van der Waals surface area contributed by atoms with Gasteiger partial charge in [0.05, 0.1) is 18.0 Å². The van der Waals surface area contributed by atoms with Gasteiger partial charge in [-0.05, 0) is 43.3 Å². The van der Waals surface area contributed by atoms with Gasteiger partial charge in [-0.15, -0.1) is 0 Å². The van der Waals surface area contributed by atoms with Crippen LogP contribution in [-0.4, -0.2) is 62.9 Å². The Morgan fingerprint density at radius 1 is 1.10 bits per heavy atom. The van der Waals surface area contributed by atoms with Gasteiger partial charge in [0, 0.05) is 37.9 Å². The smallest absolute Gasteiger partial charge is 0.243 e. The standard InChI is InChI=1S/C20H24FN3O4S/c1-15(20(25)22-17-4-3-5-18(14-17)28-2)23-10-12-24(13-11-23)29(26,27)19-8-6-16(21)7-9-19/h3-9,14-15H,10-13H2,1-2H3,(H,22,25)/t15-/m0/s1. The Morgan fingerprint density at radius 2 is 1.76 bits per heavy atom. The van der Waals surface area contributed by atoms with Crippen molar-refractivity contribution in [3.8, 4) is 5.75 Å². The molecule has 2 aromatic carbocycles. The summed E-state index contributed by atoms with van der Waals surface area (Å²) in [5.74, 6) is -0.00666. The van der Waals surface area contributed by atoms with Crippen molar-refractivity contribution in [1.29, 1.82) is 0 Å². The first-order chi connectivity index (χ1) is 13.8. The minimum atomic E-state index is -3.68. The highest BCUT2D eigenvalue weighted by atomic mass is 32.2. The number of carbonyl (C=O) groups excluding carboxylic acids is 1. The molecule has 1 N–H and O–H groups in total. The fourth-order valence-corrected chi connectivity index (χ4v) is 4.62. The molecule has 1 fully saturated rings. The van der Waals surface area contributed by atoms with Gasteiger partial charge in [-0.2, -0.15) is 4.31 Å². The third-order valence-corrected chi connectivity index (χ3v) is 6.90. The van der Waals surface area contributed by atoms with Crippen molar-refractivity contribution in [2.45, 2.75) is 17.9 Å². The molecule has 1 saturated heterocycles. The van der Waals surface area contributed by atoms with Crippen molar-refractivity contribution >= 4 is 21.6 Å². The molecule has 0 spiro atoms. The number of sulfonamides is 1. The lowest BCUT2D eigenvalue weighted by Crippen LogP contribution is -2.53. The van der Waals surface area contributed by atoms with E-state index in [0.29, 0.717) is 24.5 Å². The Kier molecular flexibility index (Phi) is 6.51. The van der Waals surface area contributed by atoms with Gasteiger partial charge < -0.3 is 10.1 Å². The first kappa shape index (κ1) is 21.2. The summed E-state index contributed by atoms with van der Waals surface area (Å²) < 4.78 is 45.0. The van der Waals surface area contributed by atoms with Crippen LogP contribution >= 0.6 is 0 Å². The van der Waals surface area contributed by atoms with Gasteiger partial charge in [0.15, 0.2) is 0 Å². The lowest BCUT2D eigenvalue weighted by Gasteiger charge is -2.36. The molecule has 1 amide bonds. The highest BCUT2D eigenvalue weighted by molar-refractivity contribution is 7.89. The molecule has 0 bridgehead atoms. The van der Waals surface area contributed by atoms with E-state index in [4.69, 9.17) is 4.74 Å². The molecule has 1 aliphatic heterocycles. The molecule has 0 saturated carbocycles. The summed E-state index contributed by atoms with van der Waals surface area (Å²) in [6, 6.07) is 11.5. The third kappa shape index (κ3) is 4.92. The number of halogens is 1. The van der Waals surface area contributed by atoms with Gasteiger partial charge in [0.25, 0.3) is 0 Å². The zero-order valence-corrected chi connectivity index (χ0v) is 17.2. The molecule has 0 radical (unpaired) electrons. The number of amides is 1. The van der Waals surface area contributed by atoms with Gasteiger partial charge in [-0.25, -0.2) is 12.8 Å². The molecule has 0 aromatic heterocycles. The quantitative estimate of drug-likeness (QED) is 0.773. The minimum Gasteiger partial charge on any atom is -0.497 e. The number of anilines is 1. The number of methoxy groups -OCH3 is 1. The Bertz CT molecular complexity index is 958. The number of hydrogen-bond donors (Lipinski definition) is 1. The first-order valence-corrected chi connectivity index (χ1v) is 10.7. The molecule has 1 aliphatic rings. The van der Waals surface area contributed by atoms with E-state index in [1.54, 1.807) is 38.3 Å². The van der Waals surface area contributed by atoms with Crippen molar-refractivity contribution in [2.75, 3.05) is 38.6 Å². The topological polar surface area (TPSA) is 79.0 Å². The molecule has 2 aromatic rings. The maximum absolute atomic E-state index is 13.1. The van der Waals surface area contributed by atoms with Gasteiger partial charge in [0.2, 0.25) is 15.9 Å². The van der Waals surface area contributed by atoms with Crippen molar-refractivity contribution < 1.29 is 22.3 Å². The molecule has 0 aliphatic carbocycles. The average Bonchev–Trinajstić information content (AvgIpc) is 2.73. The second-order valence-electron chi connectivity index (χ2n) is 6.79. The lowest BCUT2D eigenvalue weighted by molar-refractivity contribution is -0.121. The monoisotopic (exact) mass is 421 g/mol. The normalized spacial score (nSPS) is 16.9. The first-order valence-electron chi connectivity index (χ1n) is 9.26. The largest absolute Gasteiger partial charge is 0.497 e. The zero-order chi connectivity index (χ0) is 21.0. The van der Waals surface area contributed by atoms with Crippen LogP contribution in [-0.2, 0) is 14.8 Å². The van der Waals surface area contributed by atoms with Crippen molar-refractivity contribution in [3.63, 3.8) is 0 Å². The third-order valence-electron chi connectivity index (χ3n) is 4.99. The molecule has 0 unspecified atom stereocenters. The molecule has 1 heterocycles. The van der Waals surface area contributed by atoms with E-state index < -0.39 is 21.9 Å². The van der Waals surface area contributed by atoms with E-state index in [9.17, 15) is 17.6 Å². The Labute approximate surface area is 170 Å². The zero-order valence-electron chi connectivity index (χ0n) is 16.3. The fourth-order valence-electron chi connectivity index (χ4n) is 3.20. The van der Waals surface area contributed by atoms with E-state index in [1.807, 2.05) is 4.90 Å². The predicted octanol–water partition coefficient (Wildman–Crippen LogP) is 2.17. The number of ether oxygens (including phenoxy) is 1. The van der Waals surface area contributed by atoms with E-state index >= 15 is 0 Å². The summed E-state index contributed by atoms with van der Waals surface area (Å²) >= 11 is 0. The molecule has 1 atom stereocenters. The second kappa shape index (κ2) is 8.89. The number of rotatable bonds is 6. The highest BCUT2D eigenvalue weighted by Crippen LogP contribution is 2.20. The number of nitrogens with one attached hydrogen (secondary N) is 1. The summed E-state index contributed by atoms with van der Waals surface area (Å²) in [6.07, 6.45) is 0. The fraction of sp³-hybridized carbons (Fsp3) is 0.350. The van der Waals surface area contributed by atoms with Crippen LogP contribution in [0.5, 0.6) is 5.75 Å². The highest BCUT2D eigenvalue weighted by Gasteiger charge is 2.31. The summed E-state index contributed by atoms with van der Waals surface area (Å²) in [7, 11) is -2.12. The Morgan fingerprint density at radius 3 is 2.38 bits per heavy atom. The SMILES string of the molecule is COc1cccc(NC(=O)[C@H](C)N2CCN(S(=O)(=O)c3ccc(F)cc3)CC2)c1. The number of carbonyl (C=O) groups is 1. The van der Waals surface area contributed by atoms with Crippen LogP contribution in [0.15, 0.2) is 53.4 Å². The molecule has 29 heavy (non-hydrogen) atoms. The predicted molar refractivity (Wildman–Crippen MR) is 108 cm³/mol. The summed E-state index contributed by atoms with van der Waals surface area (Å²) in [5, 5.41) is 2.86. The number of piperazine rings is 1. The van der Waals surface area contributed by atoms with Gasteiger partial charge in [-0.1, -0.05) is 6.07 Å². The maximum atomic E-state index is 13.1. The molecule has 3 rings (SSSR count). The summed E-state index contributed by atoms with van der Waals surface area (Å²) in [6.45, 7) is 3.16. The van der Waals surface area contributed by atoms with Crippen molar-refractivity contribution in [3.05, 3.63) is 54.3 Å². The maximum Gasteiger partial charge on any atom is 0.243 e. The van der Waals surface area contributed by atoms with Gasteiger partial charge in [-0.3, -0.25) is 9.69 Å². The molecule has 7 nitrogen and oxygen atoms in total.